The second-order valence-electron chi connectivity index (χ2n) is 11.2. The summed E-state index contributed by atoms with van der Waals surface area (Å²) in [6.45, 7) is 3.01. The van der Waals surface area contributed by atoms with Crippen LogP contribution in [0.4, 0.5) is 0 Å². The highest BCUT2D eigenvalue weighted by molar-refractivity contribution is 6.43. The number of Topliss-reactive ketones (excluding diaryl/α,β-unsaturated/α-hetero) is 1. The fraction of sp³-hybridized carbons (Fsp3) is 0.364. The minimum atomic E-state index is -0.353. The zero-order chi connectivity index (χ0) is 26.1. The van der Waals surface area contributed by atoms with Crippen LogP contribution in [0.1, 0.15) is 66.3 Å². The number of aryl methyl sites for hydroxylation is 1. The van der Waals surface area contributed by atoms with Gasteiger partial charge < -0.3 is 9.57 Å². The minimum Gasteiger partial charge on any atom is -0.489 e. The molecule has 3 aliphatic rings. The molecule has 38 heavy (non-hydrogen) atoms. The number of rotatable bonds is 6. The first-order chi connectivity index (χ1) is 18.5. The van der Waals surface area contributed by atoms with Crippen molar-refractivity contribution in [1.82, 2.24) is 0 Å². The van der Waals surface area contributed by atoms with E-state index in [1.54, 1.807) is 12.1 Å². The molecule has 3 aromatic rings. The second-order valence-corrected chi connectivity index (χ2v) is 11.2. The van der Waals surface area contributed by atoms with Gasteiger partial charge in [0.2, 0.25) is 0 Å². The van der Waals surface area contributed by atoms with E-state index in [9.17, 15) is 4.79 Å². The molecule has 3 aliphatic carbocycles. The minimum absolute atomic E-state index is 0.163. The molecule has 2 fully saturated rings. The average Bonchev–Trinajstić information content (AvgIpc) is 3.22. The molecule has 5 nitrogen and oxygen atoms in total. The largest absolute Gasteiger partial charge is 0.489 e. The SMILES string of the molecule is C[C@]12CC[C@@H]3c4ccc(OCc5ccccc5)cc4CC[C@H]3[C@@H]1C/C(=N\OCc1ccc(C#N)cc1)C2=O. The Hall–Kier alpha value is -3.91. The lowest BCUT2D eigenvalue weighted by Crippen LogP contribution is -2.42. The van der Waals surface area contributed by atoms with E-state index in [-0.39, 0.29) is 17.8 Å². The molecule has 0 amide bonds. The van der Waals surface area contributed by atoms with Gasteiger partial charge in [-0.15, -0.1) is 0 Å². The molecule has 0 heterocycles. The molecule has 2 saturated carbocycles. The van der Waals surface area contributed by atoms with Crippen LogP contribution in [0.3, 0.4) is 0 Å². The summed E-state index contributed by atoms with van der Waals surface area (Å²) in [5, 5.41) is 13.3. The molecule has 0 aromatic heterocycles. The first kappa shape index (κ1) is 24.4. The van der Waals surface area contributed by atoms with Crippen molar-refractivity contribution in [2.75, 3.05) is 0 Å². The molecule has 6 rings (SSSR count). The van der Waals surface area contributed by atoms with Crippen LogP contribution >= 0.6 is 0 Å². The van der Waals surface area contributed by atoms with Crippen LogP contribution in [-0.4, -0.2) is 11.5 Å². The fourth-order valence-corrected chi connectivity index (χ4v) is 6.94. The molecule has 0 bridgehead atoms. The highest BCUT2D eigenvalue weighted by Gasteiger charge is 2.57. The molecule has 5 heteroatoms. The molecule has 0 unspecified atom stereocenters. The average molecular weight is 505 g/mol. The topological polar surface area (TPSA) is 71.7 Å². The number of nitriles is 1. The number of hydrogen-bond acceptors (Lipinski definition) is 5. The number of oxime groups is 1. The van der Waals surface area contributed by atoms with Gasteiger partial charge in [-0.3, -0.25) is 4.79 Å². The molecule has 0 saturated heterocycles. The van der Waals surface area contributed by atoms with Crippen LogP contribution in [0.2, 0.25) is 0 Å². The summed E-state index contributed by atoms with van der Waals surface area (Å²) >= 11 is 0. The predicted molar refractivity (Wildman–Crippen MR) is 146 cm³/mol. The van der Waals surface area contributed by atoms with Crippen LogP contribution in [0, 0.1) is 28.6 Å². The third kappa shape index (κ3) is 4.49. The summed E-state index contributed by atoms with van der Waals surface area (Å²) < 4.78 is 6.10. The first-order valence-electron chi connectivity index (χ1n) is 13.6. The van der Waals surface area contributed by atoms with E-state index in [0.29, 0.717) is 42.1 Å². The fourth-order valence-electron chi connectivity index (χ4n) is 6.94. The van der Waals surface area contributed by atoms with Crippen molar-refractivity contribution in [2.24, 2.45) is 22.4 Å². The van der Waals surface area contributed by atoms with Crippen molar-refractivity contribution in [3.63, 3.8) is 0 Å². The summed E-state index contributed by atoms with van der Waals surface area (Å²) in [5.41, 5.74) is 5.77. The number of hydrogen-bond donors (Lipinski definition) is 0. The van der Waals surface area contributed by atoms with Crippen molar-refractivity contribution in [2.45, 2.75) is 58.2 Å². The Labute approximate surface area is 224 Å². The third-order valence-electron chi connectivity index (χ3n) is 9.02. The van der Waals surface area contributed by atoms with Gasteiger partial charge in [0.05, 0.1) is 11.6 Å². The Morgan fingerprint density at radius 2 is 1.79 bits per heavy atom. The van der Waals surface area contributed by atoms with E-state index in [2.05, 4.69) is 48.5 Å². The van der Waals surface area contributed by atoms with E-state index >= 15 is 0 Å². The lowest BCUT2D eigenvalue weighted by molar-refractivity contribution is -0.125. The third-order valence-corrected chi connectivity index (χ3v) is 9.02. The van der Waals surface area contributed by atoms with Crippen molar-refractivity contribution in [3.8, 4) is 11.8 Å². The van der Waals surface area contributed by atoms with Crippen LogP contribution in [0.5, 0.6) is 5.75 Å². The van der Waals surface area contributed by atoms with Gasteiger partial charge in [0.25, 0.3) is 0 Å². The van der Waals surface area contributed by atoms with Crippen LogP contribution in [-0.2, 0) is 29.3 Å². The van der Waals surface area contributed by atoms with E-state index in [0.717, 1.165) is 37.0 Å². The summed E-state index contributed by atoms with van der Waals surface area (Å²) in [6, 6.07) is 26.2. The summed E-state index contributed by atoms with van der Waals surface area (Å²) in [4.78, 5) is 19.1. The lowest BCUT2D eigenvalue weighted by atomic mass is 9.55. The summed E-state index contributed by atoms with van der Waals surface area (Å²) in [6.07, 6.45) is 4.71. The standard InChI is InChI=1S/C33H32N2O3/c1-33-16-15-28-27-14-12-26(37-20-23-5-3-2-4-6-23)17-25(27)11-13-29(28)30(33)18-31(32(33)36)35-38-21-24-9-7-22(19-34)8-10-24/h2-10,12,14,17,28-30H,11,13,15-16,18,20-21H2,1H3/b35-31+/t28-,29-,30+,33+/m1/s1. The summed E-state index contributed by atoms with van der Waals surface area (Å²) in [7, 11) is 0. The van der Waals surface area contributed by atoms with Gasteiger partial charge in [0, 0.05) is 11.8 Å². The number of nitrogens with zero attached hydrogens (tertiary/aromatic N) is 2. The summed E-state index contributed by atoms with van der Waals surface area (Å²) in [5.74, 6) is 2.35. The number of carbonyl (C=O) groups excluding carboxylic acids is 1. The van der Waals surface area contributed by atoms with E-state index in [1.807, 2.05) is 30.3 Å². The number of ether oxygens (including phenoxy) is 1. The highest BCUT2D eigenvalue weighted by atomic mass is 16.6. The maximum absolute atomic E-state index is 13.5. The van der Waals surface area contributed by atoms with E-state index in [1.165, 1.54) is 16.7 Å². The molecule has 0 radical (unpaired) electrons. The quantitative estimate of drug-likeness (QED) is 0.348. The highest BCUT2D eigenvalue weighted by Crippen LogP contribution is 2.59. The Morgan fingerprint density at radius 1 is 1.00 bits per heavy atom. The molecule has 4 atom stereocenters. The van der Waals surface area contributed by atoms with Gasteiger partial charge >= 0.3 is 0 Å². The molecule has 0 spiro atoms. The van der Waals surface area contributed by atoms with Gasteiger partial charge in [0.1, 0.15) is 24.7 Å². The van der Waals surface area contributed by atoms with Crippen LogP contribution in [0.15, 0.2) is 78.0 Å². The molecular weight excluding hydrogens is 472 g/mol. The molecule has 0 N–H and O–H groups in total. The Morgan fingerprint density at radius 3 is 2.58 bits per heavy atom. The van der Waals surface area contributed by atoms with Crippen molar-refractivity contribution in [3.05, 3.63) is 101 Å². The predicted octanol–water partition coefficient (Wildman–Crippen LogP) is 6.75. The first-order valence-corrected chi connectivity index (χ1v) is 13.6. The number of benzene rings is 3. The van der Waals surface area contributed by atoms with Crippen molar-refractivity contribution in [1.29, 1.82) is 5.26 Å². The van der Waals surface area contributed by atoms with E-state index < -0.39 is 0 Å². The smallest absolute Gasteiger partial charge is 0.186 e. The molecule has 0 aliphatic heterocycles. The monoisotopic (exact) mass is 504 g/mol. The van der Waals surface area contributed by atoms with E-state index in [4.69, 9.17) is 14.8 Å². The molecule has 3 aromatic carbocycles. The van der Waals surface area contributed by atoms with Gasteiger partial charge in [-0.05, 0) is 90.0 Å². The number of fused-ring (bicyclic) bond motifs is 5. The van der Waals surface area contributed by atoms with Crippen molar-refractivity contribution >= 4 is 11.5 Å². The number of carbonyl (C=O) groups is 1. The second kappa shape index (κ2) is 10.1. The van der Waals surface area contributed by atoms with Gasteiger partial charge in [-0.25, -0.2) is 0 Å². The maximum Gasteiger partial charge on any atom is 0.186 e. The van der Waals surface area contributed by atoms with Gasteiger partial charge in [-0.2, -0.15) is 5.26 Å². The normalized spacial score (nSPS) is 26.7. The maximum atomic E-state index is 13.5. The van der Waals surface area contributed by atoms with Crippen LogP contribution in [0.25, 0.3) is 0 Å². The van der Waals surface area contributed by atoms with Crippen molar-refractivity contribution < 1.29 is 14.4 Å². The lowest BCUT2D eigenvalue weighted by Gasteiger charge is -2.47. The zero-order valence-electron chi connectivity index (χ0n) is 21.7. The Bertz CT molecular complexity index is 1410. The van der Waals surface area contributed by atoms with Gasteiger partial charge in [0.15, 0.2) is 5.78 Å². The Kier molecular flexibility index (Phi) is 6.49. The van der Waals surface area contributed by atoms with Gasteiger partial charge in [-0.1, -0.05) is 60.6 Å². The van der Waals surface area contributed by atoms with Crippen LogP contribution < -0.4 is 4.74 Å². The molecule has 192 valence electrons. The zero-order valence-corrected chi connectivity index (χ0v) is 21.7. The molecular formula is C33H32N2O3. The Balaban J connectivity index is 1.14. The number of ketones is 1.